The molecule has 0 bridgehead atoms. The smallest absolute Gasteiger partial charge is 0.160 e. The van der Waals surface area contributed by atoms with E-state index in [-0.39, 0.29) is 5.54 Å². The van der Waals surface area contributed by atoms with E-state index in [2.05, 4.69) is 29.5 Å². The van der Waals surface area contributed by atoms with Gasteiger partial charge in [0.25, 0.3) is 0 Å². The Hall–Kier alpha value is -1.42. The van der Waals surface area contributed by atoms with Crippen LogP contribution in [0.15, 0.2) is 12.3 Å². The van der Waals surface area contributed by atoms with E-state index in [4.69, 9.17) is 10.7 Å². The molecule has 0 aliphatic carbocycles. The molecule has 0 fully saturated rings. The molecule has 0 saturated heterocycles. The molecule has 0 unspecified atom stereocenters. The molecule has 19 heavy (non-hydrogen) atoms. The van der Waals surface area contributed by atoms with Crippen LogP contribution >= 0.6 is 0 Å². The maximum atomic E-state index is 6.17. The summed E-state index contributed by atoms with van der Waals surface area (Å²) in [4.78, 5) is 9.28. The highest BCUT2D eigenvalue weighted by molar-refractivity contribution is 5.72. The van der Waals surface area contributed by atoms with Gasteiger partial charge in [-0.1, -0.05) is 13.8 Å². The summed E-state index contributed by atoms with van der Waals surface area (Å²) in [5.41, 5.74) is 8.95. The van der Waals surface area contributed by atoms with Crippen molar-refractivity contribution >= 4 is 11.2 Å². The summed E-state index contributed by atoms with van der Waals surface area (Å²) in [5.74, 6) is 1.65. The quantitative estimate of drug-likeness (QED) is 0.919. The topological polar surface area (TPSA) is 56.7 Å². The first-order valence-corrected chi connectivity index (χ1v) is 6.87. The zero-order chi connectivity index (χ0) is 14.2. The van der Waals surface area contributed by atoms with E-state index < -0.39 is 0 Å². The highest BCUT2D eigenvalue weighted by Crippen LogP contribution is 2.19. The average molecular weight is 260 g/mol. The van der Waals surface area contributed by atoms with Gasteiger partial charge in [-0.2, -0.15) is 0 Å². The fourth-order valence-electron chi connectivity index (χ4n) is 2.25. The zero-order valence-electron chi connectivity index (χ0n) is 12.6. The molecule has 0 atom stereocenters. The van der Waals surface area contributed by atoms with E-state index in [0.29, 0.717) is 5.92 Å². The van der Waals surface area contributed by atoms with Crippen LogP contribution in [-0.2, 0) is 13.0 Å². The van der Waals surface area contributed by atoms with Crippen LogP contribution in [0.4, 0.5) is 0 Å². The normalized spacial score (nSPS) is 12.6. The van der Waals surface area contributed by atoms with Crippen LogP contribution < -0.4 is 5.73 Å². The number of imidazole rings is 1. The Kier molecular flexibility index (Phi) is 3.63. The second-order valence-electron chi connectivity index (χ2n) is 6.56. The fourth-order valence-corrected chi connectivity index (χ4v) is 2.25. The number of hydrogen-bond donors (Lipinski definition) is 1. The SMILES string of the molecule is Cc1cnc2c(c1)nc(CC(C)C)n2CC(C)(C)N. The number of hydrogen-bond acceptors (Lipinski definition) is 3. The largest absolute Gasteiger partial charge is 0.324 e. The highest BCUT2D eigenvalue weighted by Gasteiger charge is 2.19. The minimum atomic E-state index is -0.272. The lowest BCUT2D eigenvalue weighted by atomic mass is 10.1. The molecular weight excluding hydrogens is 236 g/mol. The van der Waals surface area contributed by atoms with Gasteiger partial charge < -0.3 is 10.3 Å². The summed E-state index contributed by atoms with van der Waals surface area (Å²) in [6, 6.07) is 2.09. The Morgan fingerprint density at radius 1 is 1.37 bits per heavy atom. The third kappa shape index (κ3) is 3.32. The number of fused-ring (bicyclic) bond motifs is 1. The van der Waals surface area contributed by atoms with Crippen molar-refractivity contribution in [3.05, 3.63) is 23.7 Å². The lowest BCUT2D eigenvalue weighted by molar-refractivity contribution is 0.424. The summed E-state index contributed by atoms with van der Waals surface area (Å²) in [6.07, 6.45) is 2.84. The summed E-state index contributed by atoms with van der Waals surface area (Å²) in [5, 5.41) is 0. The van der Waals surface area contributed by atoms with Crippen molar-refractivity contribution in [2.24, 2.45) is 11.7 Å². The van der Waals surface area contributed by atoms with Gasteiger partial charge in [-0.25, -0.2) is 9.97 Å². The number of rotatable bonds is 4. The lowest BCUT2D eigenvalue weighted by Crippen LogP contribution is -2.37. The maximum absolute atomic E-state index is 6.17. The lowest BCUT2D eigenvalue weighted by Gasteiger charge is -2.21. The van der Waals surface area contributed by atoms with Crippen LogP contribution in [0.3, 0.4) is 0 Å². The molecule has 2 heterocycles. The van der Waals surface area contributed by atoms with Crippen LogP contribution in [0.25, 0.3) is 11.2 Å². The van der Waals surface area contributed by atoms with E-state index in [9.17, 15) is 0 Å². The molecule has 0 aliphatic heterocycles. The van der Waals surface area contributed by atoms with Gasteiger partial charge in [-0.05, 0) is 38.3 Å². The van der Waals surface area contributed by atoms with E-state index in [1.54, 1.807) is 0 Å². The first-order valence-electron chi connectivity index (χ1n) is 6.87. The monoisotopic (exact) mass is 260 g/mol. The Balaban J connectivity index is 2.54. The maximum Gasteiger partial charge on any atom is 0.160 e. The second kappa shape index (κ2) is 4.93. The minimum absolute atomic E-state index is 0.272. The first kappa shape index (κ1) is 14.0. The summed E-state index contributed by atoms with van der Waals surface area (Å²) >= 11 is 0. The van der Waals surface area contributed by atoms with Crippen LogP contribution in [0.2, 0.25) is 0 Å². The summed E-state index contributed by atoms with van der Waals surface area (Å²) < 4.78 is 2.18. The van der Waals surface area contributed by atoms with Gasteiger partial charge in [0, 0.05) is 24.7 Å². The number of aromatic nitrogens is 3. The molecule has 2 aromatic heterocycles. The molecule has 0 aromatic carbocycles. The predicted molar refractivity (Wildman–Crippen MR) is 79.1 cm³/mol. The van der Waals surface area contributed by atoms with Gasteiger partial charge in [0.2, 0.25) is 0 Å². The number of nitrogens with zero attached hydrogens (tertiary/aromatic N) is 3. The average Bonchev–Trinajstić information content (AvgIpc) is 2.52. The van der Waals surface area contributed by atoms with Crippen LogP contribution in [0.1, 0.15) is 39.1 Å². The van der Waals surface area contributed by atoms with E-state index in [0.717, 1.165) is 35.5 Å². The van der Waals surface area contributed by atoms with Crippen LogP contribution in [0.5, 0.6) is 0 Å². The first-order chi connectivity index (χ1) is 8.76. The van der Waals surface area contributed by atoms with Crippen molar-refractivity contribution < 1.29 is 0 Å². The highest BCUT2D eigenvalue weighted by atomic mass is 15.1. The molecule has 0 amide bonds. The summed E-state index contributed by atoms with van der Waals surface area (Å²) in [7, 11) is 0. The standard InChI is InChI=1S/C15H24N4/c1-10(2)6-13-18-12-7-11(3)8-17-14(12)19(13)9-15(4,5)16/h7-8,10H,6,9,16H2,1-5H3. The van der Waals surface area contributed by atoms with E-state index in [1.165, 1.54) is 0 Å². The van der Waals surface area contributed by atoms with Gasteiger partial charge in [-0.3, -0.25) is 0 Å². The molecule has 2 N–H and O–H groups in total. The van der Waals surface area contributed by atoms with Crippen molar-refractivity contribution in [2.45, 2.75) is 53.1 Å². The van der Waals surface area contributed by atoms with E-state index >= 15 is 0 Å². The van der Waals surface area contributed by atoms with Crippen LogP contribution in [0, 0.1) is 12.8 Å². The molecule has 4 nitrogen and oxygen atoms in total. The molecular formula is C15H24N4. The number of aryl methyl sites for hydroxylation is 1. The van der Waals surface area contributed by atoms with Gasteiger partial charge in [0.1, 0.15) is 11.3 Å². The summed E-state index contributed by atoms with van der Waals surface area (Å²) in [6.45, 7) is 11.3. The predicted octanol–water partition coefficient (Wildman–Crippen LogP) is 2.68. The van der Waals surface area contributed by atoms with Crippen molar-refractivity contribution in [3.8, 4) is 0 Å². The Morgan fingerprint density at radius 3 is 2.63 bits per heavy atom. The third-order valence-corrected chi connectivity index (χ3v) is 2.96. The Labute approximate surface area is 115 Å². The molecule has 2 aromatic rings. The number of pyridine rings is 1. The second-order valence-corrected chi connectivity index (χ2v) is 6.56. The van der Waals surface area contributed by atoms with Gasteiger partial charge in [0.05, 0.1) is 0 Å². The van der Waals surface area contributed by atoms with Gasteiger partial charge >= 0.3 is 0 Å². The van der Waals surface area contributed by atoms with Crippen molar-refractivity contribution in [2.75, 3.05) is 0 Å². The molecule has 0 radical (unpaired) electrons. The molecule has 0 saturated carbocycles. The zero-order valence-corrected chi connectivity index (χ0v) is 12.6. The van der Waals surface area contributed by atoms with Crippen LogP contribution in [-0.4, -0.2) is 20.1 Å². The number of nitrogens with two attached hydrogens (primary N) is 1. The fraction of sp³-hybridized carbons (Fsp3) is 0.600. The van der Waals surface area contributed by atoms with Crippen molar-refractivity contribution in [1.29, 1.82) is 0 Å². The molecule has 0 aliphatic rings. The molecule has 4 heteroatoms. The molecule has 2 rings (SSSR count). The molecule has 0 spiro atoms. The Bertz CT molecular complexity index is 576. The van der Waals surface area contributed by atoms with Crippen molar-refractivity contribution in [1.82, 2.24) is 14.5 Å². The Morgan fingerprint density at radius 2 is 2.05 bits per heavy atom. The van der Waals surface area contributed by atoms with Gasteiger partial charge in [0.15, 0.2) is 5.65 Å². The van der Waals surface area contributed by atoms with Crippen molar-refractivity contribution in [3.63, 3.8) is 0 Å². The van der Waals surface area contributed by atoms with E-state index in [1.807, 2.05) is 27.0 Å². The molecule has 104 valence electrons. The van der Waals surface area contributed by atoms with Gasteiger partial charge in [-0.15, -0.1) is 0 Å². The third-order valence-electron chi connectivity index (χ3n) is 2.96. The minimum Gasteiger partial charge on any atom is -0.324 e.